The van der Waals surface area contributed by atoms with E-state index in [1.807, 2.05) is 42.6 Å². The maximum Gasteiger partial charge on any atom is 0.239 e. The third-order valence-electron chi connectivity index (χ3n) is 2.80. The quantitative estimate of drug-likeness (QED) is 0.723. The second-order valence-corrected chi connectivity index (χ2v) is 4.54. The number of ether oxygens (including phenoxy) is 2. The van der Waals surface area contributed by atoms with Crippen LogP contribution in [0, 0.1) is 0 Å². The van der Waals surface area contributed by atoms with Gasteiger partial charge >= 0.3 is 0 Å². The number of methoxy groups -OCH3 is 1. The van der Waals surface area contributed by atoms with Gasteiger partial charge < -0.3 is 9.47 Å². The molecule has 0 unspecified atom stereocenters. The molecular weight excluding hydrogens is 242 g/mol. The van der Waals surface area contributed by atoms with Crippen molar-refractivity contribution >= 4 is 16.7 Å². The van der Waals surface area contributed by atoms with Crippen LogP contribution in [0.1, 0.15) is 13.8 Å². The van der Waals surface area contributed by atoms with Crippen LogP contribution >= 0.6 is 0 Å². The standard InChI is InChI=1S/C14H15N3O2/c1-9(2)19-14-11-5-4-8-17(11)13-10(15-14)6-7-12(16-13)18-3/h4-9H,1-3H3. The highest BCUT2D eigenvalue weighted by Crippen LogP contribution is 2.25. The molecule has 0 aliphatic heterocycles. The number of nitrogens with zero attached hydrogens (tertiary/aromatic N) is 3. The summed E-state index contributed by atoms with van der Waals surface area (Å²) in [6, 6.07) is 7.59. The molecule has 0 N–H and O–H groups in total. The monoisotopic (exact) mass is 257 g/mol. The van der Waals surface area contributed by atoms with E-state index < -0.39 is 0 Å². The van der Waals surface area contributed by atoms with E-state index in [2.05, 4.69) is 9.97 Å². The summed E-state index contributed by atoms with van der Waals surface area (Å²) in [5.41, 5.74) is 2.44. The zero-order chi connectivity index (χ0) is 13.4. The van der Waals surface area contributed by atoms with Gasteiger partial charge in [0, 0.05) is 12.3 Å². The molecule has 19 heavy (non-hydrogen) atoms. The molecular formula is C14H15N3O2. The first-order chi connectivity index (χ1) is 9.19. The molecule has 0 aliphatic carbocycles. The van der Waals surface area contributed by atoms with Crippen molar-refractivity contribution in [2.75, 3.05) is 7.11 Å². The summed E-state index contributed by atoms with van der Waals surface area (Å²) in [4.78, 5) is 8.97. The lowest BCUT2D eigenvalue weighted by atomic mass is 10.4. The molecule has 5 nitrogen and oxygen atoms in total. The zero-order valence-corrected chi connectivity index (χ0v) is 11.1. The summed E-state index contributed by atoms with van der Waals surface area (Å²) in [5, 5.41) is 0. The third kappa shape index (κ3) is 1.97. The Balaban J connectivity index is 2.31. The van der Waals surface area contributed by atoms with Crippen LogP contribution in [0.15, 0.2) is 30.5 Å². The van der Waals surface area contributed by atoms with Gasteiger partial charge in [-0.2, -0.15) is 4.98 Å². The van der Waals surface area contributed by atoms with Gasteiger partial charge in [-0.25, -0.2) is 4.98 Å². The van der Waals surface area contributed by atoms with E-state index in [4.69, 9.17) is 9.47 Å². The van der Waals surface area contributed by atoms with E-state index in [0.717, 1.165) is 16.7 Å². The van der Waals surface area contributed by atoms with Crippen molar-refractivity contribution in [1.82, 2.24) is 14.4 Å². The molecule has 0 fully saturated rings. The third-order valence-corrected chi connectivity index (χ3v) is 2.80. The molecule has 3 aromatic rings. The number of pyridine rings is 1. The average Bonchev–Trinajstić information content (AvgIpc) is 2.87. The normalized spacial score (nSPS) is 11.4. The van der Waals surface area contributed by atoms with Crippen molar-refractivity contribution in [3.8, 4) is 11.8 Å². The Morgan fingerprint density at radius 3 is 2.74 bits per heavy atom. The molecule has 0 amide bonds. The van der Waals surface area contributed by atoms with Crippen molar-refractivity contribution in [3.63, 3.8) is 0 Å². The predicted octanol–water partition coefficient (Wildman–Crippen LogP) is 2.68. The van der Waals surface area contributed by atoms with Crippen LogP contribution in [-0.4, -0.2) is 27.6 Å². The summed E-state index contributed by atoms with van der Waals surface area (Å²) < 4.78 is 12.9. The maximum atomic E-state index is 5.76. The highest BCUT2D eigenvalue weighted by molar-refractivity contribution is 5.78. The summed E-state index contributed by atoms with van der Waals surface area (Å²) in [6.45, 7) is 3.97. The summed E-state index contributed by atoms with van der Waals surface area (Å²) in [6.07, 6.45) is 2.02. The fraction of sp³-hybridized carbons (Fsp3) is 0.286. The molecule has 0 saturated carbocycles. The number of rotatable bonds is 3. The number of fused-ring (bicyclic) bond motifs is 3. The highest BCUT2D eigenvalue weighted by Gasteiger charge is 2.11. The molecule has 0 aliphatic rings. The van der Waals surface area contributed by atoms with Gasteiger partial charge in [0.2, 0.25) is 11.8 Å². The Bertz CT molecular complexity index is 734. The topological polar surface area (TPSA) is 48.7 Å². The summed E-state index contributed by atoms with van der Waals surface area (Å²) >= 11 is 0. The summed E-state index contributed by atoms with van der Waals surface area (Å²) in [7, 11) is 1.60. The van der Waals surface area contributed by atoms with Crippen molar-refractivity contribution in [2.45, 2.75) is 20.0 Å². The molecule has 98 valence electrons. The van der Waals surface area contributed by atoms with Gasteiger partial charge in [0.25, 0.3) is 0 Å². The van der Waals surface area contributed by atoms with Crippen LogP contribution in [0.25, 0.3) is 16.7 Å². The Labute approximate surface area is 110 Å². The SMILES string of the molecule is COc1ccc2nc(OC(C)C)c3cccn3c2n1. The molecule has 3 heterocycles. The Morgan fingerprint density at radius 1 is 1.16 bits per heavy atom. The van der Waals surface area contributed by atoms with E-state index in [9.17, 15) is 0 Å². The first-order valence-corrected chi connectivity index (χ1v) is 6.17. The first-order valence-electron chi connectivity index (χ1n) is 6.17. The Morgan fingerprint density at radius 2 is 2.00 bits per heavy atom. The zero-order valence-electron chi connectivity index (χ0n) is 11.1. The number of hydrogen-bond donors (Lipinski definition) is 0. The minimum absolute atomic E-state index is 0.0786. The minimum Gasteiger partial charge on any atom is -0.481 e. The number of hydrogen-bond acceptors (Lipinski definition) is 4. The highest BCUT2D eigenvalue weighted by atomic mass is 16.5. The van der Waals surface area contributed by atoms with Gasteiger partial charge in [-0.05, 0) is 32.0 Å². The van der Waals surface area contributed by atoms with Crippen molar-refractivity contribution in [2.24, 2.45) is 0 Å². The van der Waals surface area contributed by atoms with E-state index >= 15 is 0 Å². The fourth-order valence-electron chi connectivity index (χ4n) is 2.02. The largest absolute Gasteiger partial charge is 0.481 e. The van der Waals surface area contributed by atoms with Gasteiger partial charge in [0.15, 0.2) is 5.65 Å². The first kappa shape index (κ1) is 11.8. The Kier molecular flexibility index (Phi) is 2.74. The lowest BCUT2D eigenvalue weighted by molar-refractivity contribution is 0.236. The predicted molar refractivity (Wildman–Crippen MR) is 72.8 cm³/mol. The van der Waals surface area contributed by atoms with Gasteiger partial charge in [0.1, 0.15) is 11.0 Å². The lowest BCUT2D eigenvalue weighted by Crippen LogP contribution is -2.08. The van der Waals surface area contributed by atoms with Crippen LogP contribution in [0.5, 0.6) is 11.8 Å². The fourth-order valence-corrected chi connectivity index (χ4v) is 2.02. The van der Waals surface area contributed by atoms with Crippen LogP contribution in [0.3, 0.4) is 0 Å². The minimum atomic E-state index is 0.0786. The molecule has 3 rings (SSSR count). The molecule has 0 aromatic carbocycles. The van der Waals surface area contributed by atoms with Crippen molar-refractivity contribution in [3.05, 3.63) is 30.5 Å². The molecule has 0 atom stereocenters. The van der Waals surface area contributed by atoms with Crippen LogP contribution < -0.4 is 9.47 Å². The van der Waals surface area contributed by atoms with E-state index in [1.54, 1.807) is 13.2 Å². The number of aromatic nitrogens is 3. The van der Waals surface area contributed by atoms with Crippen LogP contribution in [0.4, 0.5) is 0 Å². The van der Waals surface area contributed by atoms with Crippen LogP contribution in [0.2, 0.25) is 0 Å². The lowest BCUT2D eigenvalue weighted by Gasteiger charge is -2.12. The van der Waals surface area contributed by atoms with E-state index in [0.29, 0.717) is 11.8 Å². The average molecular weight is 257 g/mol. The molecule has 0 saturated heterocycles. The molecule has 0 bridgehead atoms. The molecule has 0 spiro atoms. The van der Waals surface area contributed by atoms with Crippen LogP contribution in [-0.2, 0) is 0 Å². The molecule has 3 aromatic heterocycles. The summed E-state index contributed by atoms with van der Waals surface area (Å²) in [5.74, 6) is 1.20. The second-order valence-electron chi connectivity index (χ2n) is 4.54. The van der Waals surface area contributed by atoms with E-state index in [1.165, 1.54) is 0 Å². The molecule has 0 radical (unpaired) electrons. The smallest absolute Gasteiger partial charge is 0.239 e. The van der Waals surface area contributed by atoms with E-state index in [-0.39, 0.29) is 6.10 Å². The van der Waals surface area contributed by atoms with Crippen molar-refractivity contribution in [1.29, 1.82) is 0 Å². The Hall–Kier alpha value is -2.30. The van der Waals surface area contributed by atoms with Crippen molar-refractivity contribution < 1.29 is 9.47 Å². The van der Waals surface area contributed by atoms with Gasteiger partial charge in [-0.1, -0.05) is 0 Å². The van der Waals surface area contributed by atoms with Gasteiger partial charge in [-0.3, -0.25) is 4.40 Å². The maximum absolute atomic E-state index is 5.76. The second kappa shape index (κ2) is 4.42. The van der Waals surface area contributed by atoms with Gasteiger partial charge in [-0.15, -0.1) is 0 Å². The van der Waals surface area contributed by atoms with Gasteiger partial charge in [0.05, 0.1) is 13.2 Å². The molecule has 5 heteroatoms.